The lowest BCUT2D eigenvalue weighted by molar-refractivity contribution is 0.813. The molecule has 0 saturated heterocycles. The van der Waals surface area contributed by atoms with Gasteiger partial charge in [0, 0.05) is 12.1 Å². The summed E-state index contributed by atoms with van der Waals surface area (Å²) in [6.07, 6.45) is 4.25. The summed E-state index contributed by atoms with van der Waals surface area (Å²) in [7, 11) is 0. The van der Waals surface area contributed by atoms with Crippen LogP contribution in [0.1, 0.15) is 24.5 Å². The third-order valence-electron chi connectivity index (χ3n) is 2.87. The van der Waals surface area contributed by atoms with Gasteiger partial charge < -0.3 is 5.43 Å². The Hall–Kier alpha value is -1.30. The quantitative estimate of drug-likeness (QED) is 0.671. The second-order valence-electron chi connectivity index (χ2n) is 4.23. The van der Waals surface area contributed by atoms with E-state index in [1.165, 1.54) is 12.8 Å². The smallest absolute Gasteiger partial charge is 0.174 e. The topological polar surface area (TPSA) is 68.8 Å². The number of nitrogens with zero attached hydrogens (tertiary/aromatic N) is 3. The molecule has 0 spiro atoms. The van der Waals surface area contributed by atoms with Gasteiger partial charge in [0.15, 0.2) is 11.6 Å². The normalized spacial score (nSPS) is 14.8. The molecule has 1 saturated carbocycles. The Bertz CT molecular complexity index is 591. The Balaban J connectivity index is 2.03. The molecule has 18 heavy (non-hydrogen) atoms. The first kappa shape index (κ1) is 11.8. The van der Waals surface area contributed by atoms with Crippen molar-refractivity contribution in [2.45, 2.75) is 18.8 Å². The van der Waals surface area contributed by atoms with E-state index in [1.807, 2.05) is 12.3 Å². The lowest BCUT2D eigenvalue weighted by atomic mass is 10.3. The molecule has 0 amide bonds. The van der Waals surface area contributed by atoms with E-state index in [0.717, 1.165) is 5.69 Å². The van der Waals surface area contributed by atoms with Gasteiger partial charge >= 0.3 is 0 Å². The molecule has 0 radical (unpaired) electrons. The second-order valence-corrected chi connectivity index (χ2v) is 5.04. The van der Waals surface area contributed by atoms with Crippen LogP contribution in [0.25, 0.3) is 5.82 Å². The van der Waals surface area contributed by atoms with Crippen LogP contribution in [0.2, 0.25) is 10.0 Å². The van der Waals surface area contributed by atoms with Crippen LogP contribution in [0.15, 0.2) is 18.3 Å². The average molecular weight is 284 g/mol. The molecule has 3 N–H and O–H groups in total. The molecule has 5 nitrogen and oxygen atoms in total. The van der Waals surface area contributed by atoms with Crippen LogP contribution in [-0.2, 0) is 0 Å². The molecule has 0 bridgehead atoms. The monoisotopic (exact) mass is 283 g/mol. The highest BCUT2D eigenvalue weighted by molar-refractivity contribution is 6.36. The molecule has 0 aliphatic heterocycles. The molecule has 0 atom stereocenters. The molecular formula is C11H11Cl2N5. The van der Waals surface area contributed by atoms with Crippen LogP contribution in [0.3, 0.4) is 0 Å². The van der Waals surface area contributed by atoms with Gasteiger partial charge in [-0.15, -0.1) is 0 Å². The van der Waals surface area contributed by atoms with Gasteiger partial charge in [-0.05, 0) is 25.0 Å². The minimum atomic E-state index is 0.375. The van der Waals surface area contributed by atoms with Gasteiger partial charge in [0.05, 0.1) is 15.7 Å². The molecule has 3 rings (SSSR count). The Morgan fingerprint density at radius 1 is 1.33 bits per heavy atom. The Labute approximate surface area is 114 Å². The highest BCUT2D eigenvalue weighted by atomic mass is 35.5. The summed E-state index contributed by atoms with van der Waals surface area (Å²) in [5.74, 6) is 6.82. The van der Waals surface area contributed by atoms with Crippen molar-refractivity contribution in [3.63, 3.8) is 0 Å². The summed E-state index contributed by atoms with van der Waals surface area (Å²) in [6.45, 7) is 0. The number of nitrogens with one attached hydrogen (secondary N) is 1. The van der Waals surface area contributed by atoms with Crippen LogP contribution in [0.5, 0.6) is 0 Å². The summed E-state index contributed by atoms with van der Waals surface area (Å²) in [4.78, 5) is 4.25. The van der Waals surface area contributed by atoms with E-state index in [1.54, 1.807) is 10.7 Å². The minimum Gasteiger partial charge on any atom is -0.307 e. The Morgan fingerprint density at radius 2 is 2.11 bits per heavy atom. The molecule has 0 aromatic carbocycles. The van der Waals surface area contributed by atoms with Crippen LogP contribution in [0, 0.1) is 0 Å². The minimum absolute atomic E-state index is 0.375. The first-order valence-electron chi connectivity index (χ1n) is 5.57. The molecule has 2 heterocycles. The van der Waals surface area contributed by atoms with E-state index < -0.39 is 0 Å². The molecule has 2 aromatic rings. The van der Waals surface area contributed by atoms with Crippen molar-refractivity contribution in [3.8, 4) is 5.82 Å². The molecule has 1 aliphatic carbocycles. The second kappa shape index (κ2) is 4.42. The van der Waals surface area contributed by atoms with Crippen molar-refractivity contribution >= 4 is 29.0 Å². The van der Waals surface area contributed by atoms with Crippen molar-refractivity contribution in [3.05, 3.63) is 34.1 Å². The zero-order chi connectivity index (χ0) is 12.7. The number of hydrogen-bond donors (Lipinski definition) is 2. The number of halogens is 2. The molecule has 94 valence electrons. The van der Waals surface area contributed by atoms with Gasteiger partial charge in [-0.2, -0.15) is 5.10 Å². The van der Waals surface area contributed by atoms with Gasteiger partial charge in [-0.3, -0.25) is 0 Å². The maximum Gasteiger partial charge on any atom is 0.174 e. The van der Waals surface area contributed by atoms with E-state index >= 15 is 0 Å². The average Bonchev–Trinajstić information content (AvgIpc) is 3.09. The number of nitrogen functional groups attached to an aromatic ring is 1. The number of rotatable bonds is 3. The summed E-state index contributed by atoms with van der Waals surface area (Å²) in [6, 6.07) is 3.58. The van der Waals surface area contributed by atoms with Crippen molar-refractivity contribution < 1.29 is 0 Å². The Kier molecular flexibility index (Phi) is 2.89. The van der Waals surface area contributed by atoms with Crippen LogP contribution in [0.4, 0.5) is 5.82 Å². The number of hydrogen-bond acceptors (Lipinski definition) is 4. The SMILES string of the molecule is NNc1nc(-n2ccc(C3CC3)n2)c(Cl)cc1Cl. The van der Waals surface area contributed by atoms with Crippen LogP contribution < -0.4 is 11.3 Å². The molecule has 1 aliphatic rings. The van der Waals surface area contributed by atoms with Crippen molar-refractivity contribution in [2.75, 3.05) is 5.43 Å². The van der Waals surface area contributed by atoms with Gasteiger partial charge in [0.2, 0.25) is 0 Å². The third-order valence-corrected chi connectivity index (χ3v) is 3.44. The van der Waals surface area contributed by atoms with Crippen LogP contribution in [-0.4, -0.2) is 14.8 Å². The van der Waals surface area contributed by atoms with E-state index in [-0.39, 0.29) is 0 Å². The lowest BCUT2D eigenvalue weighted by Gasteiger charge is -2.08. The van der Waals surface area contributed by atoms with Gasteiger partial charge in [-0.1, -0.05) is 23.2 Å². The summed E-state index contributed by atoms with van der Waals surface area (Å²) >= 11 is 12.1. The first-order valence-corrected chi connectivity index (χ1v) is 6.33. The van der Waals surface area contributed by atoms with Crippen molar-refractivity contribution in [2.24, 2.45) is 5.84 Å². The largest absolute Gasteiger partial charge is 0.307 e. The predicted octanol–water partition coefficient (Wildman–Crippen LogP) is 2.74. The van der Waals surface area contributed by atoms with Gasteiger partial charge in [-0.25, -0.2) is 15.5 Å². The van der Waals surface area contributed by atoms with Crippen LogP contribution >= 0.6 is 23.2 Å². The molecular weight excluding hydrogens is 273 g/mol. The predicted molar refractivity (Wildman–Crippen MR) is 71.2 cm³/mol. The highest BCUT2D eigenvalue weighted by Gasteiger charge is 2.26. The van der Waals surface area contributed by atoms with E-state index in [9.17, 15) is 0 Å². The third kappa shape index (κ3) is 2.05. The number of pyridine rings is 1. The van der Waals surface area contributed by atoms with Crippen molar-refractivity contribution in [1.82, 2.24) is 14.8 Å². The molecule has 2 aromatic heterocycles. The molecule has 0 unspecified atom stereocenters. The fourth-order valence-corrected chi connectivity index (χ4v) is 2.27. The molecule has 7 heteroatoms. The fraction of sp³-hybridized carbons (Fsp3) is 0.273. The van der Waals surface area contributed by atoms with Crippen molar-refractivity contribution in [1.29, 1.82) is 0 Å². The summed E-state index contributed by atoms with van der Waals surface area (Å²) < 4.78 is 1.65. The maximum absolute atomic E-state index is 6.12. The summed E-state index contributed by atoms with van der Waals surface area (Å²) in [5.41, 5.74) is 3.51. The number of hydrazine groups is 1. The zero-order valence-electron chi connectivity index (χ0n) is 9.40. The summed E-state index contributed by atoms with van der Waals surface area (Å²) in [5, 5.41) is 5.28. The van der Waals surface area contributed by atoms with Gasteiger partial charge in [0.25, 0.3) is 0 Å². The maximum atomic E-state index is 6.12. The lowest BCUT2D eigenvalue weighted by Crippen LogP contribution is -2.11. The first-order chi connectivity index (χ1) is 8.69. The van der Waals surface area contributed by atoms with E-state index in [0.29, 0.717) is 27.6 Å². The fourth-order valence-electron chi connectivity index (χ4n) is 1.77. The number of nitrogens with two attached hydrogens (primary N) is 1. The van der Waals surface area contributed by atoms with E-state index in [4.69, 9.17) is 29.0 Å². The van der Waals surface area contributed by atoms with E-state index in [2.05, 4.69) is 15.5 Å². The Morgan fingerprint density at radius 3 is 2.78 bits per heavy atom. The van der Waals surface area contributed by atoms with Gasteiger partial charge in [0.1, 0.15) is 0 Å². The molecule has 1 fully saturated rings. The number of anilines is 1. The number of aromatic nitrogens is 3. The standard InChI is InChI=1S/C11H11Cl2N5/c12-7-5-8(13)11(15-10(7)16-14)18-4-3-9(17-18)6-1-2-6/h3-6H,1-2,14H2,(H,15,16). The zero-order valence-corrected chi connectivity index (χ0v) is 10.9. The highest BCUT2D eigenvalue weighted by Crippen LogP contribution is 2.39.